The number of anilines is 1. The molecular formula is C30H31N5O3. The summed E-state index contributed by atoms with van der Waals surface area (Å²) in [5.74, 6) is -0.613. The van der Waals surface area contributed by atoms with Gasteiger partial charge in [0.2, 0.25) is 11.8 Å². The Balaban J connectivity index is 1.55. The van der Waals surface area contributed by atoms with Crippen LogP contribution in [0.2, 0.25) is 0 Å². The molecule has 8 heteroatoms. The molecule has 4 aromatic rings. The fraction of sp³-hybridized carbons (Fsp3) is 0.300. The molecule has 1 aromatic heterocycles. The third-order valence-corrected chi connectivity index (χ3v) is 7.10. The van der Waals surface area contributed by atoms with Crippen LogP contribution in [0.4, 0.5) is 5.69 Å². The maximum absolute atomic E-state index is 14.1. The minimum atomic E-state index is -0.899. The summed E-state index contributed by atoms with van der Waals surface area (Å²) in [5.41, 5.74) is 3.18. The van der Waals surface area contributed by atoms with E-state index in [1.807, 2.05) is 54.6 Å². The summed E-state index contributed by atoms with van der Waals surface area (Å²) in [6, 6.07) is 22.8. The molecule has 1 unspecified atom stereocenters. The van der Waals surface area contributed by atoms with Crippen LogP contribution in [-0.4, -0.2) is 38.6 Å². The van der Waals surface area contributed by atoms with Gasteiger partial charge in [0, 0.05) is 17.3 Å². The van der Waals surface area contributed by atoms with Gasteiger partial charge in [-0.05, 0) is 61.7 Å². The van der Waals surface area contributed by atoms with Crippen molar-refractivity contribution in [2.45, 2.75) is 57.7 Å². The standard InChI is InChI=1S/C30H31N5O3/c1-21(36)22-16-18-25(19-17-22)35(28(37)20-34-27-15-9-8-14-26(27)32-33-34)29(23-10-4-2-5-11-23)30(38)31-24-12-6-3-7-13-24/h2,4-5,8-11,14-19,24,29H,3,6-7,12-13,20H2,1H3,(H,31,38). The Labute approximate surface area is 221 Å². The van der Waals surface area contributed by atoms with E-state index in [4.69, 9.17) is 0 Å². The average Bonchev–Trinajstić information content (AvgIpc) is 3.35. The van der Waals surface area contributed by atoms with E-state index in [-0.39, 0.29) is 30.2 Å². The van der Waals surface area contributed by atoms with Crippen LogP contribution in [0.3, 0.4) is 0 Å². The van der Waals surface area contributed by atoms with Gasteiger partial charge in [-0.15, -0.1) is 5.10 Å². The molecule has 0 spiro atoms. The quantitative estimate of drug-likeness (QED) is 0.342. The van der Waals surface area contributed by atoms with Gasteiger partial charge in [-0.2, -0.15) is 0 Å². The van der Waals surface area contributed by atoms with Crippen LogP contribution in [0.5, 0.6) is 0 Å². The first-order valence-electron chi connectivity index (χ1n) is 13.1. The zero-order valence-electron chi connectivity index (χ0n) is 21.4. The van der Waals surface area contributed by atoms with E-state index in [2.05, 4.69) is 15.6 Å². The van der Waals surface area contributed by atoms with Crippen molar-refractivity contribution >= 4 is 34.3 Å². The van der Waals surface area contributed by atoms with Gasteiger partial charge in [-0.1, -0.05) is 66.9 Å². The van der Waals surface area contributed by atoms with E-state index >= 15 is 0 Å². The lowest BCUT2D eigenvalue weighted by molar-refractivity contribution is -0.127. The number of amides is 2. The van der Waals surface area contributed by atoms with Crippen molar-refractivity contribution in [2.75, 3.05) is 4.90 Å². The van der Waals surface area contributed by atoms with Gasteiger partial charge in [0.1, 0.15) is 18.1 Å². The topological polar surface area (TPSA) is 97.2 Å². The number of carbonyl (C=O) groups is 3. The van der Waals surface area contributed by atoms with Gasteiger partial charge in [-0.25, -0.2) is 4.68 Å². The molecule has 0 saturated heterocycles. The highest BCUT2D eigenvalue weighted by Crippen LogP contribution is 2.30. The summed E-state index contributed by atoms with van der Waals surface area (Å²) >= 11 is 0. The minimum Gasteiger partial charge on any atom is -0.351 e. The Hall–Kier alpha value is -4.33. The highest BCUT2D eigenvalue weighted by molar-refractivity contribution is 6.02. The van der Waals surface area contributed by atoms with Gasteiger partial charge in [0.05, 0.1) is 5.52 Å². The molecular weight excluding hydrogens is 478 g/mol. The van der Waals surface area contributed by atoms with E-state index in [1.165, 1.54) is 18.2 Å². The molecule has 1 aliphatic carbocycles. The lowest BCUT2D eigenvalue weighted by atomic mass is 9.94. The van der Waals surface area contributed by atoms with Crippen molar-refractivity contribution in [1.29, 1.82) is 0 Å². The zero-order chi connectivity index (χ0) is 26.5. The molecule has 5 rings (SSSR count). The molecule has 1 heterocycles. The van der Waals surface area contributed by atoms with E-state index in [0.717, 1.165) is 31.2 Å². The molecule has 0 aliphatic heterocycles. The summed E-state index contributed by atoms with van der Waals surface area (Å²) < 4.78 is 1.55. The molecule has 0 bridgehead atoms. The number of fused-ring (bicyclic) bond motifs is 1. The van der Waals surface area contributed by atoms with E-state index in [9.17, 15) is 14.4 Å². The SMILES string of the molecule is CC(=O)c1ccc(N(C(=O)Cn2nnc3ccccc32)C(C(=O)NC2CCCCC2)c2ccccc2)cc1. The van der Waals surface area contributed by atoms with Crippen molar-refractivity contribution in [3.63, 3.8) is 0 Å². The van der Waals surface area contributed by atoms with Crippen LogP contribution in [-0.2, 0) is 16.1 Å². The highest BCUT2D eigenvalue weighted by Gasteiger charge is 2.34. The third-order valence-electron chi connectivity index (χ3n) is 7.10. The second-order valence-corrected chi connectivity index (χ2v) is 9.76. The normalized spacial score (nSPS) is 14.7. The smallest absolute Gasteiger partial charge is 0.249 e. The minimum absolute atomic E-state index is 0.0711. The number of carbonyl (C=O) groups excluding carboxylic acids is 3. The van der Waals surface area contributed by atoms with Crippen LogP contribution in [0.15, 0.2) is 78.9 Å². The van der Waals surface area contributed by atoms with E-state index in [0.29, 0.717) is 22.3 Å². The molecule has 38 heavy (non-hydrogen) atoms. The molecule has 1 N–H and O–H groups in total. The highest BCUT2D eigenvalue weighted by atomic mass is 16.2. The zero-order valence-corrected chi connectivity index (χ0v) is 21.4. The van der Waals surface area contributed by atoms with Crippen LogP contribution >= 0.6 is 0 Å². The van der Waals surface area contributed by atoms with Crippen LogP contribution in [0.1, 0.15) is 61.0 Å². The first kappa shape index (κ1) is 25.3. The molecule has 1 fully saturated rings. The lowest BCUT2D eigenvalue weighted by Gasteiger charge is -2.33. The third kappa shape index (κ3) is 5.49. The number of nitrogens with one attached hydrogen (secondary N) is 1. The Morgan fingerprint density at radius 1 is 0.921 bits per heavy atom. The Kier molecular flexibility index (Phi) is 7.58. The van der Waals surface area contributed by atoms with Crippen LogP contribution in [0.25, 0.3) is 11.0 Å². The maximum atomic E-state index is 14.1. The molecule has 2 amide bonds. The van der Waals surface area contributed by atoms with Crippen molar-refractivity contribution in [2.24, 2.45) is 0 Å². The van der Waals surface area contributed by atoms with Crippen molar-refractivity contribution < 1.29 is 14.4 Å². The Bertz CT molecular complexity index is 1430. The summed E-state index contributed by atoms with van der Waals surface area (Å²) in [5, 5.41) is 11.6. The molecule has 194 valence electrons. The number of ketones is 1. The number of rotatable bonds is 8. The van der Waals surface area contributed by atoms with E-state index in [1.54, 1.807) is 28.9 Å². The number of para-hydroxylation sites is 1. The average molecular weight is 510 g/mol. The predicted molar refractivity (Wildman–Crippen MR) is 146 cm³/mol. The van der Waals surface area contributed by atoms with Crippen molar-refractivity contribution in [1.82, 2.24) is 20.3 Å². The fourth-order valence-electron chi connectivity index (χ4n) is 5.11. The van der Waals surface area contributed by atoms with Gasteiger partial charge < -0.3 is 5.32 Å². The predicted octanol–water partition coefficient (Wildman–Crippen LogP) is 4.86. The summed E-state index contributed by atoms with van der Waals surface area (Å²) in [6.45, 7) is 1.40. The largest absolute Gasteiger partial charge is 0.351 e. The van der Waals surface area contributed by atoms with Crippen LogP contribution < -0.4 is 10.2 Å². The number of benzene rings is 3. The van der Waals surface area contributed by atoms with Gasteiger partial charge >= 0.3 is 0 Å². The molecule has 0 radical (unpaired) electrons. The fourth-order valence-corrected chi connectivity index (χ4v) is 5.11. The molecule has 8 nitrogen and oxygen atoms in total. The monoisotopic (exact) mass is 509 g/mol. The van der Waals surface area contributed by atoms with Gasteiger partial charge in [-0.3, -0.25) is 19.3 Å². The first-order chi connectivity index (χ1) is 18.5. The first-order valence-corrected chi connectivity index (χ1v) is 13.1. The summed E-state index contributed by atoms with van der Waals surface area (Å²) in [6.07, 6.45) is 5.19. The van der Waals surface area contributed by atoms with Crippen molar-refractivity contribution in [3.05, 3.63) is 90.0 Å². The van der Waals surface area contributed by atoms with Gasteiger partial charge in [0.15, 0.2) is 5.78 Å². The number of nitrogens with zero attached hydrogens (tertiary/aromatic N) is 4. The maximum Gasteiger partial charge on any atom is 0.249 e. The second-order valence-electron chi connectivity index (χ2n) is 9.76. The molecule has 3 aromatic carbocycles. The number of hydrogen-bond acceptors (Lipinski definition) is 5. The number of Topliss-reactive ketones (excluding diaryl/α,β-unsaturated/α-hetero) is 1. The lowest BCUT2D eigenvalue weighted by Crippen LogP contribution is -2.48. The number of hydrogen-bond donors (Lipinski definition) is 1. The molecule has 1 atom stereocenters. The molecule has 1 aliphatic rings. The van der Waals surface area contributed by atoms with Gasteiger partial charge in [0.25, 0.3) is 0 Å². The van der Waals surface area contributed by atoms with E-state index < -0.39 is 6.04 Å². The van der Waals surface area contributed by atoms with Crippen LogP contribution in [0, 0.1) is 0 Å². The Morgan fingerprint density at radius 3 is 2.32 bits per heavy atom. The number of aromatic nitrogens is 3. The second kappa shape index (κ2) is 11.4. The summed E-state index contributed by atoms with van der Waals surface area (Å²) in [7, 11) is 0. The van der Waals surface area contributed by atoms with Crippen molar-refractivity contribution in [3.8, 4) is 0 Å². The Morgan fingerprint density at radius 2 is 1.61 bits per heavy atom. The summed E-state index contributed by atoms with van der Waals surface area (Å²) in [4.78, 5) is 41.4. The molecule has 1 saturated carbocycles.